The van der Waals surface area contributed by atoms with Gasteiger partial charge >= 0.3 is 6.18 Å². The molecule has 3 aromatic rings. The molecule has 0 spiro atoms. The van der Waals surface area contributed by atoms with Crippen LogP contribution >= 0.6 is 0 Å². The average Bonchev–Trinajstić information content (AvgIpc) is 3.28. The Labute approximate surface area is 158 Å². The summed E-state index contributed by atoms with van der Waals surface area (Å²) < 4.78 is 43.1. The van der Waals surface area contributed by atoms with Gasteiger partial charge in [0.1, 0.15) is 12.2 Å². The van der Waals surface area contributed by atoms with Gasteiger partial charge in [-0.05, 0) is 26.8 Å². The van der Waals surface area contributed by atoms with Crippen molar-refractivity contribution in [1.29, 1.82) is 0 Å². The molecule has 0 saturated heterocycles. The molecule has 1 N–H and O–H groups in total. The number of amides is 1. The summed E-state index contributed by atoms with van der Waals surface area (Å²) in [6.07, 6.45) is 0.237. The molecule has 11 heteroatoms. The second-order valence-corrected chi connectivity index (χ2v) is 6.37. The average molecular weight is 395 g/mol. The Morgan fingerprint density at radius 2 is 1.93 bits per heavy atom. The zero-order chi connectivity index (χ0) is 20.5. The lowest BCUT2D eigenvalue weighted by Gasteiger charge is -2.09. The fourth-order valence-electron chi connectivity index (χ4n) is 2.88. The molecule has 3 heterocycles. The second-order valence-electron chi connectivity index (χ2n) is 6.37. The fraction of sp³-hybridized carbons (Fsp3) is 0.412. The van der Waals surface area contributed by atoms with E-state index in [9.17, 15) is 18.0 Å². The summed E-state index contributed by atoms with van der Waals surface area (Å²) in [5, 5.41) is 14.7. The van der Waals surface area contributed by atoms with Crippen molar-refractivity contribution in [3.05, 3.63) is 47.3 Å². The van der Waals surface area contributed by atoms with Gasteiger partial charge in [0.15, 0.2) is 0 Å². The summed E-state index contributed by atoms with van der Waals surface area (Å²) in [5.74, 6) is -0.622. The summed E-state index contributed by atoms with van der Waals surface area (Å²) in [6.45, 7) is 6.09. The normalized spacial score (nSPS) is 11.8. The Morgan fingerprint density at radius 1 is 1.18 bits per heavy atom. The highest BCUT2D eigenvalue weighted by Gasteiger charge is 2.35. The number of rotatable bonds is 6. The maximum absolute atomic E-state index is 13.0. The predicted octanol–water partition coefficient (Wildman–Crippen LogP) is 2.62. The molecular formula is C17H20F3N7O. The van der Waals surface area contributed by atoms with E-state index in [0.29, 0.717) is 16.9 Å². The van der Waals surface area contributed by atoms with Gasteiger partial charge in [0.05, 0.1) is 30.3 Å². The molecule has 0 aliphatic carbocycles. The minimum atomic E-state index is -4.58. The molecule has 0 radical (unpaired) electrons. The molecule has 0 bridgehead atoms. The Kier molecular flexibility index (Phi) is 5.25. The minimum absolute atomic E-state index is 0.191. The smallest absolute Gasteiger partial charge is 0.322 e. The lowest BCUT2D eigenvalue weighted by molar-refractivity contribution is -0.144. The fourth-order valence-corrected chi connectivity index (χ4v) is 2.88. The van der Waals surface area contributed by atoms with Crippen LogP contribution in [0.15, 0.2) is 24.7 Å². The summed E-state index contributed by atoms with van der Waals surface area (Å²) in [7, 11) is 0. The van der Waals surface area contributed by atoms with Gasteiger partial charge in [-0.3, -0.25) is 18.8 Å². The van der Waals surface area contributed by atoms with Gasteiger partial charge in [0.2, 0.25) is 5.91 Å². The Balaban J connectivity index is 1.65. The van der Waals surface area contributed by atoms with Crippen LogP contribution in [0.1, 0.15) is 29.6 Å². The van der Waals surface area contributed by atoms with Gasteiger partial charge in [0.25, 0.3) is 0 Å². The largest absolute Gasteiger partial charge is 0.433 e. The van der Waals surface area contributed by atoms with E-state index in [0.717, 1.165) is 23.9 Å². The van der Waals surface area contributed by atoms with E-state index in [4.69, 9.17) is 0 Å². The van der Waals surface area contributed by atoms with Crippen molar-refractivity contribution in [3.8, 4) is 0 Å². The van der Waals surface area contributed by atoms with Crippen LogP contribution in [0.4, 0.5) is 18.9 Å². The van der Waals surface area contributed by atoms with E-state index in [1.807, 2.05) is 18.5 Å². The zero-order valence-corrected chi connectivity index (χ0v) is 15.7. The van der Waals surface area contributed by atoms with Crippen LogP contribution < -0.4 is 5.32 Å². The number of aryl methyl sites for hydroxylation is 2. The molecule has 28 heavy (non-hydrogen) atoms. The van der Waals surface area contributed by atoms with Crippen molar-refractivity contribution >= 4 is 11.6 Å². The first-order chi connectivity index (χ1) is 13.2. The molecule has 8 nitrogen and oxygen atoms in total. The van der Waals surface area contributed by atoms with Crippen molar-refractivity contribution in [3.63, 3.8) is 0 Å². The quantitative estimate of drug-likeness (QED) is 0.696. The summed E-state index contributed by atoms with van der Waals surface area (Å²) in [4.78, 5) is 12.1. The van der Waals surface area contributed by atoms with Crippen LogP contribution in [-0.4, -0.2) is 35.2 Å². The van der Waals surface area contributed by atoms with Crippen molar-refractivity contribution in [2.45, 2.75) is 46.6 Å². The number of halogens is 3. The van der Waals surface area contributed by atoms with Gasteiger partial charge in [-0.25, -0.2) is 0 Å². The second kappa shape index (κ2) is 7.49. The van der Waals surface area contributed by atoms with E-state index in [1.165, 1.54) is 13.1 Å². The number of nitrogens with zero attached hydrogens (tertiary/aromatic N) is 6. The molecule has 0 aliphatic rings. The van der Waals surface area contributed by atoms with E-state index in [-0.39, 0.29) is 5.69 Å². The van der Waals surface area contributed by atoms with E-state index >= 15 is 0 Å². The van der Waals surface area contributed by atoms with Gasteiger partial charge in [-0.1, -0.05) is 0 Å². The number of alkyl halides is 3. The van der Waals surface area contributed by atoms with Crippen LogP contribution in [0.5, 0.6) is 0 Å². The number of carbonyl (C=O) groups is 1. The number of carbonyl (C=O) groups excluding carboxylic acids is 1. The molecule has 3 aromatic heterocycles. The Morgan fingerprint density at radius 3 is 2.57 bits per heavy atom. The first-order valence-corrected chi connectivity index (χ1v) is 8.62. The van der Waals surface area contributed by atoms with Crippen LogP contribution in [0.25, 0.3) is 0 Å². The van der Waals surface area contributed by atoms with Crippen LogP contribution in [0.3, 0.4) is 0 Å². The van der Waals surface area contributed by atoms with Crippen molar-refractivity contribution in [2.24, 2.45) is 0 Å². The highest BCUT2D eigenvalue weighted by atomic mass is 19.4. The maximum atomic E-state index is 13.0. The van der Waals surface area contributed by atoms with E-state index in [2.05, 4.69) is 20.6 Å². The third-order valence-electron chi connectivity index (χ3n) is 4.24. The molecule has 150 valence electrons. The van der Waals surface area contributed by atoms with Crippen LogP contribution in [0, 0.1) is 13.8 Å². The van der Waals surface area contributed by atoms with Crippen LogP contribution in [-0.2, 0) is 30.6 Å². The maximum Gasteiger partial charge on any atom is 0.433 e. The zero-order valence-electron chi connectivity index (χ0n) is 15.7. The first-order valence-electron chi connectivity index (χ1n) is 8.62. The molecule has 0 saturated carbocycles. The van der Waals surface area contributed by atoms with Crippen molar-refractivity contribution in [2.75, 3.05) is 5.32 Å². The number of anilines is 1. The Bertz CT molecular complexity index is 983. The standard InChI is InChI=1S/C17H20F3N7O/c1-4-26-12(3)13(6-22-26)8-25-9-14(7-21-25)23-16(28)10-27-15(17(18,19)20)5-11(2)24-27/h5-7,9H,4,8,10H2,1-3H3,(H,23,28). The molecule has 3 rings (SSSR count). The lowest BCUT2D eigenvalue weighted by Crippen LogP contribution is -2.23. The molecule has 0 aliphatic heterocycles. The SMILES string of the molecule is CCn1ncc(Cn2cc(NC(=O)Cn3nc(C)cc3C(F)(F)F)cn2)c1C. The molecule has 1 amide bonds. The molecule has 0 fully saturated rings. The third kappa shape index (κ3) is 4.24. The Hall–Kier alpha value is -3.11. The van der Waals surface area contributed by atoms with E-state index in [1.54, 1.807) is 17.1 Å². The minimum Gasteiger partial charge on any atom is -0.322 e. The van der Waals surface area contributed by atoms with E-state index < -0.39 is 24.3 Å². The van der Waals surface area contributed by atoms with Crippen LogP contribution in [0.2, 0.25) is 0 Å². The van der Waals surface area contributed by atoms with Gasteiger partial charge in [0, 0.05) is 24.0 Å². The number of hydrogen-bond acceptors (Lipinski definition) is 4. The monoisotopic (exact) mass is 395 g/mol. The lowest BCUT2D eigenvalue weighted by atomic mass is 10.2. The summed E-state index contributed by atoms with van der Waals surface area (Å²) >= 11 is 0. The number of aromatic nitrogens is 6. The molecule has 0 unspecified atom stereocenters. The highest BCUT2D eigenvalue weighted by Crippen LogP contribution is 2.29. The summed E-state index contributed by atoms with van der Waals surface area (Å²) in [6, 6.07) is 0.907. The number of hydrogen-bond donors (Lipinski definition) is 1. The van der Waals surface area contributed by atoms with Crippen molar-refractivity contribution < 1.29 is 18.0 Å². The summed E-state index contributed by atoms with van der Waals surface area (Å²) in [5.41, 5.74) is 1.64. The highest BCUT2D eigenvalue weighted by molar-refractivity contribution is 5.90. The predicted molar refractivity (Wildman–Crippen MR) is 94.6 cm³/mol. The third-order valence-corrected chi connectivity index (χ3v) is 4.24. The van der Waals surface area contributed by atoms with Gasteiger partial charge in [-0.2, -0.15) is 28.5 Å². The number of nitrogens with one attached hydrogen (secondary N) is 1. The molecule has 0 atom stereocenters. The first kappa shape index (κ1) is 19.6. The van der Waals surface area contributed by atoms with Gasteiger partial charge < -0.3 is 5.32 Å². The topological polar surface area (TPSA) is 82.6 Å². The van der Waals surface area contributed by atoms with Crippen molar-refractivity contribution in [1.82, 2.24) is 29.3 Å². The van der Waals surface area contributed by atoms with Gasteiger partial charge in [-0.15, -0.1) is 0 Å². The molecular weight excluding hydrogens is 375 g/mol. The molecule has 0 aromatic carbocycles.